The summed E-state index contributed by atoms with van der Waals surface area (Å²) in [4.78, 5) is 14.2. The number of carbonyl (C=O) groups is 1. The van der Waals surface area contributed by atoms with Crippen molar-refractivity contribution in [2.75, 3.05) is 20.1 Å². The second-order valence-electron chi connectivity index (χ2n) is 6.33. The standard InChI is InChI=1S/C18H28N2O.ClH/c1-4-17(11-15-7-5-14(2)6-8-15)20(3)18(21)13-19-12-16-9-10-16;/h5-8,16-17,19H,4,9-13H2,1-3H3;1H. The molecule has 2 rings (SSSR count). The van der Waals surface area contributed by atoms with Crippen LogP contribution in [0.2, 0.25) is 0 Å². The van der Waals surface area contributed by atoms with Crippen LogP contribution < -0.4 is 5.32 Å². The summed E-state index contributed by atoms with van der Waals surface area (Å²) in [6, 6.07) is 8.90. The van der Waals surface area contributed by atoms with Gasteiger partial charge in [0.25, 0.3) is 0 Å². The second kappa shape index (κ2) is 9.16. The highest BCUT2D eigenvalue weighted by molar-refractivity contribution is 5.85. The number of benzene rings is 1. The van der Waals surface area contributed by atoms with Gasteiger partial charge in [0.1, 0.15) is 0 Å². The van der Waals surface area contributed by atoms with E-state index in [9.17, 15) is 4.79 Å². The zero-order chi connectivity index (χ0) is 15.2. The highest BCUT2D eigenvalue weighted by Gasteiger charge is 2.22. The van der Waals surface area contributed by atoms with Crippen LogP contribution in [0.3, 0.4) is 0 Å². The van der Waals surface area contributed by atoms with E-state index in [4.69, 9.17) is 0 Å². The molecule has 1 aliphatic rings. The minimum atomic E-state index is 0. The van der Waals surface area contributed by atoms with E-state index in [1.807, 2.05) is 11.9 Å². The van der Waals surface area contributed by atoms with Crippen molar-refractivity contribution in [3.8, 4) is 0 Å². The first kappa shape index (κ1) is 19.0. The third kappa shape index (κ3) is 5.98. The Bertz CT molecular complexity index is 457. The molecule has 1 amide bonds. The van der Waals surface area contributed by atoms with Crippen molar-refractivity contribution in [3.63, 3.8) is 0 Å². The average Bonchev–Trinajstić information content (AvgIpc) is 3.30. The Kier molecular flexibility index (Phi) is 7.91. The third-order valence-corrected chi connectivity index (χ3v) is 4.41. The summed E-state index contributed by atoms with van der Waals surface area (Å²) in [6.45, 7) is 5.72. The van der Waals surface area contributed by atoms with Crippen molar-refractivity contribution >= 4 is 18.3 Å². The smallest absolute Gasteiger partial charge is 0.236 e. The first-order valence-electron chi connectivity index (χ1n) is 8.12. The molecule has 3 nitrogen and oxygen atoms in total. The van der Waals surface area contributed by atoms with E-state index in [1.54, 1.807) is 0 Å². The van der Waals surface area contributed by atoms with E-state index in [0.29, 0.717) is 6.54 Å². The number of rotatable bonds is 8. The summed E-state index contributed by atoms with van der Waals surface area (Å²) in [5.74, 6) is 1.02. The number of likely N-dealkylation sites (N-methyl/N-ethyl adjacent to an activating group) is 1. The van der Waals surface area contributed by atoms with Crippen LogP contribution in [0.15, 0.2) is 24.3 Å². The maximum atomic E-state index is 12.3. The molecule has 1 aromatic carbocycles. The molecule has 1 N–H and O–H groups in total. The Morgan fingerprint density at radius 3 is 2.50 bits per heavy atom. The van der Waals surface area contributed by atoms with Crippen LogP contribution in [0.25, 0.3) is 0 Å². The Labute approximate surface area is 140 Å². The first-order chi connectivity index (χ1) is 10.1. The summed E-state index contributed by atoms with van der Waals surface area (Å²) in [5.41, 5.74) is 2.58. The molecular formula is C18H29ClN2O. The molecule has 1 saturated carbocycles. The predicted molar refractivity (Wildman–Crippen MR) is 94.6 cm³/mol. The molecule has 0 aliphatic heterocycles. The molecule has 0 saturated heterocycles. The molecule has 4 heteroatoms. The number of amides is 1. The minimum absolute atomic E-state index is 0. The largest absolute Gasteiger partial charge is 0.341 e. The lowest BCUT2D eigenvalue weighted by atomic mass is 10.0. The number of hydrogen-bond donors (Lipinski definition) is 1. The lowest BCUT2D eigenvalue weighted by Gasteiger charge is -2.28. The summed E-state index contributed by atoms with van der Waals surface area (Å²) in [7, 11) is 1.93. The number of nitrogens with zero attached hydrogens (tertiary/aromatic N) is 1. The van der Waals surface area contributed by atoms with E-state index >= 15 is 0 Å². The Hall–Kier alpha value is -1.06. The van der Waals surface area contributed by atoms with Gasteiger partial charge in [0, 0.05) is 13.1 Å². The highest BCUT2D eigenvalue weighted by atomic mass is 35.5. The predicted octanol–water partition coefficient (Wildman–Crippen LogP) is 3.20. The molecule has 1 atom stereocenters. The Balaban J connectivity index is 0.00000242. The molecule has 1 aromatic rings. The van der Waals surface area contributed by atoms with Gasteiger partial charge in [-0.05, 0) is 50.6 Å². The number of hydrogen-bond acceptors (Lipinski definition) is 2. The fourth-order valence-electron chi connectivity index (χ4n) is 2.58. The van der Waals surface area contributed by atoms with Gasteiger partial charge in [-0.15, -0.1) is 12.4 Å². The first-order valence-corrected chi connectivity index (χ1v) is 8.12. The van der Waals surface area contributed by atoms with E-state index < -0.39 is 0 Å². The van der Waals surface area contributed by atoms with Gasteiger partial charge in [0.05, 0.1) is 6.54 Å². The van der Waals surface area contributed by atoms with Gasteiger partial charge in [-0.2, -0.15) is 0 Å². The van der Waals surface area contributed by atoms with Gasteiger partial charge in [-0.25, -0.2) is 0 Å². The van der Waals surface area contributed by atoms with Gasteiger partial charge >= 0.3 is 0 Å². The van der Waals surface area contributed by atoms with Crippen LogP contribution in [0.4, 0.5) is 0 Å². The van der Waals surface area contributed by atoms with Crippen LogP contribution in [0.5, 0.6) is 0 Å². The number of nitrogens with one attached hydrogen (secondary N) is 1. The molecule has 1 aliphatic carbocycles. The second-order valence-corrected chi connectivity index (χ2v) is 6.33. The van der Waals surface area contributed by atoms with Gasteiger partial charge in [0.2, 0.25) is 5.91 Å². The molecule has 124 valence electrons. The van der Waals surface area contributed by atoms with Crippen LogP contribution in [-0.2, 0) is 11.2 Å². The van der Waals surface area contributed by atoms with Gasteiger partial charge in [-0.3, -0.25) is 4.79 Å². The van der Waals surface area contributed by atoms with Crippen molar-refractivity contribution in [1.29, 1.82) is 0 Å². The lowest BCUT2D eigenvalue weighted by Crippen LogP contribution is -2.43. The normalized spacial score (nSPS) is 15.0. The monoisotopic (exact) mass is 324 g/mol. The SMILES string of the molecule is CCC(Cc1ccc(C)cc1)N(C)C(=O)CNCC1CC1.Cl. The van der Waals surface area contributed by atoms with Crippen LogP contribution in [0, 0.1) is 12.8 Å². The molecule has 22 heavy (non-hydrogen) atoms. The van der Waals surface area contributed by atoms with Gasteiger partial charge < -0.3 is 10.2 Å². The van der Waals surface area contributed by atoms with Crippen molar-refractivity contribution in [3.05, 3.63) is 35.4 Å². The van der Waals surface area contributed by atoms with Crippen molar-refractivity contribution in [2.45, 2.75) is 45.6 Å². The third-order valence-electron chi connectivity index (χ3n) is 4.41. The Morgan fingerprint density at radius 2 is 1.95 bits per heavy atom. The molecule has 1 fully saturated rings. The van der Waals surface area contributed by atoms with E-state index in [1.165, 1.54) is 24.0 Å². The maximum absolute atomic E-state index is 12.3. The average molecular weight is 325 g/mol. The topological polar surface area (TPSA) is 32.3 Å². The van der Waals surface area contributed by atoms with E-state index in [0.717, 1.165) is 25.3 Å². The summed E-state index contributed by atoms with van der Waals surface area (Å²) < 4.78 is 0. The molecular weight excluding hydrogens is 296 g/mol. The molecule has 0 radical (unpaired) electrons. The lowest BCUT2D eigenvalue weighted by molar-refractivity contribution is -0.131. The van der Waals surface area contributed by atoms with Crippen molar-refractivity contribution < 1.29 is 4.79 Å². The Morgan fingerprint density at radius 1 is 1.32 bits per heavy atom. The fourth-order valence-corrected chi connectivity index (χ4v) is 2.58. The maximum Gasteiger partial charge on any atom is 0.236 e. The van der Waals surface area contributed by atoms with Crippen LogP contribution in [0.1, 0.15) is 37.3 Å². The molecule has 0 bridgehead atoms. The minimum Gasteiger partial charge on any atom is -0.341 e. The zero-order valence-electron chi connectivity index (χ0n) is 14.0. The van der Waals surface area contributed by atoms with E-state index in [-0.39, 0.29) is 24.4 Å². The van der Waals surface area contributed by atoms with Gasteiger partial charge in [0.15, 0.2) is 0 Å². The molecule has 1 unspecified atom stereocenters. The summed E-state index contributed by atoms with van der Waals surface area (Å²) in [6.07, 6.45) is 4.56. The highest BCUT2D eigenvalue weighted by Crippen LogP contribution is 2.27. The van der Waals surface area contributed by atoms with Crippen LogP contribution in [-0.4, -0.2) is 37.0 Å². The van der Waals surface area contributed by atoms with Crippen molar-refractivity contribution in [1.82, 2.24) is 10.2 Å². The zero-order valence-corrected chi connectivity index (χ0v) is 14.8. The molecule has 0 heterocycles. The number of carbonyl (C=O) groups excluding carboxylic acids is 1. The fraction of sp³-hybridized carbons (Fsp3) is 0.611. The molecule has 0 spiro atoms. The number of halogens is 1. The number of aryl methyl sites for hydroxylation is 1. The summed E-state index contributed by atoms with van der Waals surface area (Å²) in [5, 5.41) is 3.29. The summed E-state index contributed by atoms with van der Waals surface area (Å²) >= 11 is 0. The molecule has 0 aromatic heterocycles. The van der Waals surface area contributed by atoms with Crippen LogP contribution >= 0.6 is 12.4 Å². The van der Waals surface area contributed by atoms with Crippen molar-refractivity contribution in [2.24, 2.45) is 5.92 Å². The quantitative estimate of drug-likeness (QED) is 0.796. The van der Waals surface area contributed by atoms with E-state index in [2.05, 4.69) is 43.4 Å². The van der Waals surface area contributed by atoms with Gasteiger partial charge in [-0.1, -0.05) is 36.8 Å².